The largest absolute Gasteiger partial charge is 0.485 e. The molecule has 2 heterocycles. The quantitative estimate of drug-likeness (QED) is 0.862. The van der Waals surface area contributed by atoms with Crippen molar-refractivity contribution >= 4 is 17.7 Å². The van der Waals surface area contributed by atoms with E-state index in [1.165, 1.54) is 17.2 Å². The van der Waals surface area contributed by atoms with Gasteiger partial charge in [0.1, 0.15) is 17.5 Å². The summed E-state index contributed by atoms with van der Waals surface area (Å²) in [7, 11) is 0. The molecule has 25 heavy (non-hydrogen) atoms. The lowest BCUT2D eigenvalue weighted by Crippen LogP contribution is -2.33. The first kappa shape index (κ1) is 16.4. The lowest BCUT2D eigenvalue weighted by molar-refractivity contribution is 0.0580. The van der Waals surface area contributed by atoms with Crippen LogP contribution in [0, 0.1) is 11.3 Å². The Balaban J connectivity index is 1.66. The predicted molar refractivity (Wildman–Crippen MR) is 86.6 cm³/mol. The number of aromatic carboxylic acids is 1. The van der Waals surface area contributed by atoms with Crippen molar-refractivity contribution in [2.24, 2.45) is 0 Å². The molecule has 0 spiro atoms. The van der Waals surface area contributed by atoms with Crippen LogP contribution in [0.3, 0.4) is 0 Å². The Hall–Kier alpha value is -3.47. The number of nitrogens with one attached hydrogen (secondary N) is 1. The number of aromatic amines is 1. The summed E-state index contributed by atoms with van der Waals surface area (Å²) >= 11 is 0. The number of ether oxygens (including phenoxy) is 2. The van der Waals surface area contributed by atoms with E-state index < -0.39 is 24.3 Å². The summed E-state index contributed by atoms with van der Waals surface area (Å²) in [6.07, 6.45) is -0.0312. The Labute approximate surface area is 143 Å². The topological polar surface area (TPSA) is 116 Å². The second kappa shape index (κ2) is 6.57. The molecule has 2 unspecified atom stereocenters. The number of carboxylic acid groups (broad SMARTS) is 1. The third-order valence-electron chi connectivity index (χ3n) is 3.88. The van der Waals surface area contributed by atoms with Crippen molar-refractivity contribution < 1.29 is 24.2 Å². The fraction of sp³-hybridized carbons (Fsp3) is 0.235. The van der Waals surface area contributed by atoms with Crippen LogP contribution in [0.1, 0.15) is 23.0 Å². The van der Waals surface area contributed by atoms with Crippen LogP contribution in [0.25, 0.3) is 0 Å². The van der Waals surface area contributed by atoms with E-state index in [0.29, 0.717) is 23.5 Å². The fourth-order valence-electron chi connectivity index (χ4n) is 2.51. The average Bonchev–Trinajstić information content (AvgIpc) is 3.22. The Bertz CT molecular complexity index is 837. The van der Waals surface area contributed by atoms with E-state index >= 15 is 0 Å². The van der Waals surface area contributed by atoms with Crippen LogP contribution in [0.15, 0.2) is 36.5 Å². The minimum absolute atomic E-state index is 0.0184. The van der Waals surface area contributed by atoms with Gasteiger partial charge < -0.3 is 19.6 Å². The SMILES string of the molecule is CC(Oc1c[nH]c(C(=O)O)c1)C1CN(c2ccc(C#N)cc2)C(=O)O1. The molecule has 0 bridgehead atoms. The molecule has 0 radical (unpaired) electrons. The first-order valence-electron chi connectivity index (χ1n) is 7.54. The van der Waals surface area contributed by atoms with Crippen molar-refractivity contribution in [3.63, 3.8) is 0 Å². The van der Waals surface area contributed by atoms with Crippen molar-refractivity contribution in [2.75, 3.05) is 11.4 Å². The van der Waals surface area contributed by atoms with Crippen molar-refractivity contribution in [3.8, 4) is 11.8 Å². The van der Waals surface area contributed by atoms with Crippen molar-refractivity contribution in [1.82, 2.24) is 4.98 Å². The van der Waals surface area contributed by atoms with E-state index in [-0.39, 0.29) is 5.69 Å². The van der Waals surface area contributed by atoms with E-state index in [4.69, 9.17) is 19.8 Å². The average molecular weight is 341 g/mol. The first-order valence-corrected chi connectivity index (χ1v) is 7.54. The van der Waals surface area contributed by atoms with E-state index in [1.54, 1.807) is 31.2 Å². The smallest absolute Gasteiger partial charge is 0.414 e. The zero-order chi connectivity index (χ0) is 18.0. The summed E-state index contributed by atoms with van der Waals surface area (Å²) in [4.78, 5) is 27.0. The molecule has 1 aromatic heterocycles. The molecule has 2 atom stereocenters. The fourth-order valence-corrected chi connectivity index (χ4v) is 2.51. The van der Waals surface area contributed by atoms with Crippen LogP contribution < -0.4 is 9.64 Å². The number of nitriles is 1. The van der Waals surface area contributed by atoms with Gasteiger partial charge >= 0.3 is 12.1 Å². The van der Waals surface area contributed by atoms with Gasteiger partial charge in [-0.3, -0.25) is 4.90 Å². The number of anilines is 1. The lowest BCUT2D eigenvalue weighted by atomic mass is 10.2. The van der Waals surface area contributed by atoms with Gasteiger partial charge in [0.05, 0.1) is 18.2 Å². The van der Waals surface area contributed by atoms with E-state index in [9.17, 15) is 9.59 Å². The highest BCUT2D eigenvalue weighted by Crippen LogP contribution is 2.25. The maximum atomic E-state index is 12.1. The maximum absolute atomic E-state index is 12.1. The van der Waals surface area contributed by atoms with Crippen molar-refractivity contribution in [2.45, 2.75) is 19.1 Å². The number of aromatic nitrogens is 1. The molecule has 3 rings (SSSR count). The zero-order valence-corrected chi connectivity index (χ0v) is 13.3. The molecule has 2 aromatic rings. The number of hydrogen-bond donors (Lipinski definition) is 2. The predicted octanol–water partition coefficient (Wildman–Crippen LogP) is 2.38. The molecule has 0 saturated carbocycles. The number of carbonyl (C=O) groups excluding carboxylic acids is 1. The Morgan fingerprint density at radius 2 is 2.20 bits per heavy atom. The van der Waals surface area contributed by atoms with E-state index in [2.05, 4.69) is 4.98 Å². The molecule has 1 amide bonds. The van der Waals surface area contributed by atoms with E-state index in [0.717, 1.165) is 0 Å². The molecular formula is C17H15N3O5. The monoisotopic (exact) mass is 341 g/mol. The Morgan fingerprint density at radius 3 is 2.80 bits per heavy atom. The maximum Gasteiger partial charge on any atom is 0.414 e. The van der Waals surface area contributed by atoms with Gasteiger partial charge in [-0.25, -0.2) is 9.59 Å². The molecule has 1 aliphatic rings. The Kier molecular flexibility index (Phi) is 4.31. The number of cyclic esters (lactones) is 1. The van der Waals surface area contributed by atoms with Crippen LogP contribution in [0.2, 0.25) is 0 Å². The van der Waals surface area contributed by atoms with Crippen molar-refractivity contribution in [3.05, 3.63) is 47.8 Å². The molecule has 8 heteroatoms. The van der Waals surface area contributed by atoms with Gasteiger partial charge in [0.2, 0.25) is 0 Å². The zero-order valence-electron chi connectivity index (χ0n) is 13.3. The molecule has 8 nitrogen and oxygen atoms in total. The van der Waals surface area contributed by atoms with Crippen LogP contribution in [0.5, 0.6) is 5.75 Å². The first-order chi connectivity index (χ1) is 12.0. The lowest BCUT2D eigenvalue weighted by Gasteiger charge is -2.18. The number of carboxylic acids is 1. The highest BCUT2D eigenvalue weighted by molar-refractivity contribution is 5.89. The number of carbonyl (C=O) groups is 2. The molecule has 1 aliphatic heterocycles. The van der Waals surface area contributed by atoms with Gasteiger partial charge in [-0.1, -0.05) is 0 Å². The minimum atomic E-state index is -1.08. The third kappa shape index (κ3) is 3.40. The summed E-state index contributed by atoms with van der Waals surface area (Å²) in [5, 5.41) is 17.7. The number of hydrogen-bond acceptors (Lipinski definition) is 5. The van der Waals surface area contributed by atoms with Crippen LogP contribution >= 0.6 is 0 Å². The summed E-state index contributed by atoms with van der Waals surface area (Å²) in [5.74, 6) is -0.723. The van der Waals surface area contributed by atoms with Crippen LogP contribution in [-0.4, -0.2) is 40.9 Å². The number of benzene rings is 1. The van der Waals surface area contributed by atoms with Gasteiger partial charge in [0.25, 0.3) is 0 Å². The highest BCUT2D eigenvalue weighted by Gasteiger charge is 2.36. The second-order valence-electron chi connectivity index (χ2n) is 5.57. The standard InChI is InChI=1S/C17H15N3O5/c1-10(24-13-6-14(16(21)22)19-8-13)15-9-20(17(23)25-15)12-4-2-11(7-18)3-5-12/h2-6,8,10,15,19H,9H2,1H3,(H,21,22). The van der Waals surface area contributed by atoms with Gasteiger partial charge in [0, 0.05) is 18.0 Å². The molecule has 0 aliphatic carbocycles. The third-order valence-corrected chi connectivity index (χ3v) is 3.88. The number of rotatable bonds is 5. The Morgan fingerprint density at radius 1 is 1.48 bits per heavy atom. The van der Waals surface area contributed by atoms with Crippen molar-refractivity contribution in [1.29, 1.82) is 5.26 Å². The second-order valence-corrected chi connectivity index (χ2v) is 5.57. The summed E-state index contributed by atoms with van der Waals surface area (Å²) in [5.41, 5.74) is 1.16. The molecular weight excluding hydrogens is 326 g/mol. The summed E-state index contributed by atoms with van der Waals surface area (Å²) in [6.45, 7) is 2.04. The highest BCUT2D eigenvalue weighted by atomic mass is 16.6. The summed E-state index contributed by atoms with van der Waals surface area (Å²) < 4.78 is 11.0. The number of nitrogens with zero attached hydrogens (tertiary/aromatic N) is 2. The molecule has 1 saturated heterocycles. The minimum Gasteiger partial charge on any atom is -0.485 e. The van der Waals surface area contributed by atoms with Gasteiger partial charge in [-0.15, -0.1) is 0 Å². The van der Waals surface area contributed by atoms with Crippen LogP contribution in [0.4, 0.5) is 10.5 Å². The number of H-pyrrole nitrogens is 1. The van der Waals surface area contributed by atoms with Gasteiger partial charge in [0.15, 0.2) is 6.10 Å². The van der Waals surface area contributed by atoms with Gasteiger partial charge in [-0.2, -0.15) is 5.26 Å². The van der Waals surface area contributed by atoms with Crippen LogP contribution in [-0.2, 0) is 4.74 Å². The molecule has 128 valence electrons. The molecule has 2 N–H and O–H groups in total. The van der Waals surface area contributed by atoms with Gasteiger partial charge in [-0.05, 0) is 31.2 Å². The number of amides is 1. The summed E-state index contributed by atoms with van der Waals surface area (Å²) in [6, 6.07) is 10.0. The molecule has 1 aromatic carbocycles. The van der Waals surface area contributed by atoms with E-state index in [1.807, 2.05) is 6.07 Å². The molecule has 1 fully saturated rings. The normalized spacial score (nSPS) is 17.7.